The van der Waals surface area contributed by atoms with Gasteiger partial charge in [0.1, 0.15) is 11.5 Å². The summed E-state index contributed by atoms with van der Waals surface area (Å²) < 4.78 is 6.41. The fourth-order valence-corrected chi connectivity index (χ4v) is 4.93. The number of rotatable bonds is 6. The number of benzene rings is 3. The first kappa shape index (κ1) is 22.9. The number of carbonyl (C=O) groups is 2. The summed E-state index contributed by atoms with van der Waals surface area (Å²) in [5.74, 6) is -1.01. The van der Waals surface area contributed by atoms with Gasteiger partial charge in [0.15, 0.2) is 0 Å². The van der Waals surface area contributed by atoms with E-state index in [2.05, 4.69) is 20.9 Å². The molecule has 0 saturated carbocycles. The Hall–Kier alpha value is -3.84. The summed E-state index contributed by atoms with van der Waals surface area (Å²) in [5, 5.41) is 12.3. The van der Waals surface area contributed by atoms with Crippen molar-refractivity contribution < 1.29 is 19.4 Å². The number of nitrogens with one attached hydrogen (secondary N) is 1. The summed E-state index contributed by atoms with van der Waals surface area (Å²) in [4.78, 5) is 31.4. The van der Waals surface area contributed by atoms with Crippen LogP contribution < -0.4 is 4.74 Å². The third-order valence-electron chi connectivity index (χ3n) is 6.39. The van der Waals surface area contributed by atoms with Crippen molar-refractivity contribution in [3.63, 3.8) is 0 Å². The monoisotopic (exact) mass is 530 g/mol. The third kappa shape index (κ3) is 4.12. The number of fused-ring (bicyclic) bond motifs is 1. The van der Waals surface area contributed by atoms with Crippen LogP contribution in [0, 0.1) is 0 Å². The lowest BCUT2D eigenvalue weighted by molar-refractivity contribution is -0.139. The van der Waals surface area contributed by atoms with E-state index in [-0.39, 0.29) is 11.3 Å². The Kier molecular flexibility index (Phi) is 6.17. The van der Waals surface area contributed by atoms with Crippen LogP contribution in [-0.4, -0.2) is 40.3 Å². The molecule has 1 atom stereocenters. The molecule has 0 radical (unpaired) electrons. The highest BCUT2D eigenvalue weighted by atomic mass is 79.9. The van der Waals surface area contributed by atoms with Crippen LogP contribution in [0.15, 0.2) is 89.0 Å². The van der Waals surface area contributed by atoms with E-state index in [1.165, 1.54) is 4.90 Å². The SMILES string of the molecule is COc1ccccc1[C@@H]1C(=C(O)c2ccc(Br)cc2)C(=O)C(=O)N1CCc1c[nH]c2ccccc12. The van der Waals surface area contributed by atoms with Crippen molar-refractivity contribution in [2.75, 3.05) is 13.7 Å². The first-order valence-electron chi connectivity index (χ1n) is 11.2. The third-order valence-corrected chi connectivity index (χ3v) is 6.92. The van der Waals surface area contributed by atoms with Gasteiger partial charge in [0.25, 0.3) is 11.7 Å². The topological polar surface area (TPSA) is 82.6 Å². The highest BCUT2D eigenvalue weighted by Gasteiger charge is 2.46. The summed E-state index contributed by atoms with van der Waals surface area (Å²) in [6, 6.07) is 21.4. The zero-order valence-electron chi connectivity index (χ0n) is 19.0. The number of amides is 1. The molecule has 1 aliphatic rings. The van der Waals surface area contributed by atoms with Gasteiger partial charge in [-0.25, -0.2) is 0 Å². The van der Waals surface area contributed by atoms with Crippen LogP contribution in [0.25, 0.3) is 16.7 Å². The molecule has 35 heavy (non-hydrogen) atoms. The lowest BCUT2D eigenvalue weighted by Crippen LogP contribution is -2.31. The normalized spacial score (nSPS) is 17.3. The molecule has 6 nitrogen and oxygen atoms in total. The molecule has 2 N–H and O–H groups in total. The number of H-pyrrole nitrogens is 1. The second-order valence-electron chi connectivity index (χ2n) is 8.35. The number of aromatic nitrogens is 1. The van der Waals surface area contributed by atoms with Gasteiger partial charge >= 0.3 is 0 Å². The molecule has 1 amide bonds. The standard InChI is InChI=1S/C28H23BrN2O4/c1-35-23-9-5-3-7-21(23)25-24(26(32)17-10-12-19(29)13-11-17)27(33)28(34)31(25)15-14-18-16-30-22-8-4-2-6-20(18)22/h2-13,16,25,30,32H,14-15H2,1H3/t25-/m1/s1. The summed E-state index contributed by atoms with van der Waals surface area (Å²) in [6.07, 6.45) is 2.47. The number of likely N-dealkylation sites (tertiary alicyclic amines) is 1. The summed E-state index contributed by atoms with van der Waals surface area (Å²) >= 11 is 3.39. The minimum Gasteiger partial charge on any atom is -0.507 e. The molecule has 1 aliphatic heterocycles. The van der Waals surface area contributed by atoms with Gasteiger partial charge < -0.3 is 19.7 Å². The van der Waals surface area contributed by atoms with Crippen LogP contribution in [-0.2, 0) is 16.0 Å². The number of para-hydroxylation sites is 2. The van der Waals surface area contributed by atoms with Gasteiger partial charge in [0.05, 0.1) is 18.7 Å². The van der Waals surface area contributed by atoms with Crippen LogP contribution in [0.4, 0.5) is 0 Å². The van der Waals surface area contributed by atoms with E-state index in [9.17, 15) is 14.7 Å². The van der Waals surface area contributed by atoms with E-state index in [1.807, 2.05) is 48.7 Å². The summed E-state index contributed by atoms with van der Waals surface area (Å²) in [6.45, 7) is 0.298. The first-order valence-corrected chi connectivity index (χ1v) is 12.0. The van der Waals surface area contributed by atoms with Crippen LogP contribution in [0.3, 0.4) is 0 Å². The molecule has 176 valence electrons. The summed E-state index contributed by atoms with van der Waals surface area (Å²) in [5.41, 5.74) is 3.23. The Balaban J connectivity index is 1.59. The number of hydrogen-bond donors (Lipinski definition) is 2. The Bertz CT molecular complexity index is 1460. The number of Topliss-reactive ketones (excluding diaryl/α,β-unsaturated/α-hetero) is 1. The van der Waals surface area contributed by atoms with Crippen molar-refractivity contribution >= 4 is 44.3 Å². The maximum atomic E-state index is 13.3. The molecule has 0 unspecified atom stereocenters. The van der Waals surface area contributed by atoms with Crippen LogP contribution in [0.2, 0.25) is 0 Å². The van der Waals surface area contributed by atoms with Crippen molar-refractivity contribution in [3.8, 4) is 5.75 Å². The van der Waals surface area contributed by atoms with Crippen LogP contribution in [0.1, 0.15) is 22.7 Å². The van der Waals surface area contributed by atoms with Gasteiger partial charge in [0.2, 0.25) is 0 Å². The molecule has 2 heterocycles. The highest BCUT2D eigenvalue weighted by molar-refractivity contribution is 9.10. The Morgan fingerprint density at radius 1 is 1.03 bits per heavy atom. The average molecular weight is 531 g/mol. The zero-order chi connectivity index (χ0) is 24.5. The Morgan fingerprint density at radius 3 is 2.51 bits per heavy atom. The number of ether oxygens (including phenoxy) is 1. The molecule has 1 saturated heterocycles. The fourth-order valence-electron chi connectivity index (χ4n) is 4.67. The molecule has 7 heteroatoms. The molecule has 0 bridgehead atoms. The second kappa shape index (κ2) is 9.43. The molecular weight excluding hydrogens is 508 g/mol. The van der Waals surface area contributed by atoms with E-state index in [0.29, 0.717) is 29.8 Å². The second-order valence-corrected chi connectivity index (χ2v) is 9.27. The van der Waals surface area contributed by atoms with E-state index in [4.69, 9.17) is 4.74 Å². The van der Waals surface area contributed by atoms with Gasteiger partial charge in [-0.1, -0.05) is 64.5 Å². The number of methoxy groups -OCH3 is 1. The Labute approximate surface area is 211 Å². The lowest BCUT2D eigenvalue weighted by atomic mass is 9.94. The number of aliphatic hydroxyl groups excluding tert-OH is 1. The van der Waals surface area contributed by atoms with Gasteiger partial charge in [-0.15, -0.1) is 0 Å². The van der Waals surface area contributed by atoms with Crippen molar-refractivity contribution in [1.29, 1.82) is 0 Å². The molecule has 1 fully saturated rings. The van der Waals surface area contributed by atoms with Crippen molar-refractivity contribution in [2.24, 2.45) is 0 Å². The summed E-state index contributed by atoms with van der Waals surface area (Å²) in [7, 11) is 1.55. The minimum absolute atomic E-state index is 0.0562. The largest absolute Gasteiger partial charge is 0.507 e. The maximum Gasteiger partial charge on any atom is 0.295 e. The van der Waals surface area contributed by atoms with Crippen LogP contribution >= 0.6 is 15.9 Å². The number of nitrogens with zero attached hydrogens (tertiary/aromatic N) is 1. The number of ketones is 1. The van der Waals surface area contributed by atoms with E-state index < -0.39 is 17.7 Å². The zero-order valence-corrected chi connectivity index (χ0v) is 20.6. The minimum atomic E-state index is -0.778. The van der Waals surface area contributed by atoms with Crippen molar-refractivity contribution in [1.82, 2.24) is 9.88 Å². The van der Waals surface area contributed by atoms with Crippen LogP contribution in [0.5, 0.6) is 5.75 Å². The molecule has 0 spiro atoms. The number of carbonyl (C=O) groups excluding carboxylic acids is 2. The molecule has 0 aliphatic carbocycles. The predicted molar refractivity (Wildman–Crippen MR) is 138 cm³/mol. The molecular formula is C28H23BrN2O4. The number of aliphatic hydroxyl groups is 1. The van der Waals surface area contributed by atoms with Gasteiger partial charge in [-0.3, -0.25) is 9.59 Å². The van der Waals surface area contributed by atoms with E-state index in [1.54, 1.807) is 37.4 Å². The lowest BCUT2D eigenvalue weighted by Gasteiger charge is -2.26. The fraction of sp³-hybridized carbons (Fsp3) is 0.143. The van der Waals surface area contributed by atoms with Crippen molar-refractivity contribution in [3.05, 3.63) is 106 Å². The quantitative estimate of drug-likeness (QED) is 0.193. The highest BCUT2D eigenvalue weighted by Crippen LogP contribution is 2.42. The predicted octanol–water partition coefficient (Wildman–Crippen LogP) is 5.60. The molecule has 5 rings (SSSR count). The van der Waals surface area contributed by atoms with E-state index in [0.717, 1.165) is 20.9 Å². The number of aromatic amines is 1. The average Bonchev–Trinajstić information content (AvgIpc) is 3.41. The smallest absolute Gasteiger partial charge is 0.295 e. The first-order chi connectivity index (χ1) is 17.0. The Morgan fingerprint density at radius 2 is 1.74 bits per heavy atom. The maximum absolute atomic E-state index is 13.3. The number of hydrogen-bond acceptors (Lipinski definition) is 4. The van der Waals surface area contributed by atoms with Crippen molar-refractivity contribution in [2.45, 2.75) is 12.5 Å². The number of halogens is 1. The van der Waals surface area contributed by atoms with E-state index >= 15 is 0 Å². The molecule has 4 aromatic rings. The molecule has 1 aromatic heterocycles. The van der Waals surface area contributed by atoms with Gasteiger partial charge in [-0.05, 0) is 36.2 Å². The van der Waals surface area contributed by atoms with Gasteiger partial charge in [-0.2, -0.15) is 0 Å². The van der Waals surface area contributed by atoms with Gasteiger partial charge in [0, 0.05) is 39.2 Å². The molecule has 3 aromatic carbocycles.